The van der Waals surface area contributed by atoms with Gasteiger partial charge in [-0.25, -0.2) is 0 Å². The third kappa shape index (κ3) is 6.66. The summed E-state index contributed by atoms with van der Waals surface area (Å²) in [5.41, 5.74) is 2.27. The van der Waals surface area contributed by atoms with Gasteiger partial charge in [-0.15, -0.1) is 11.6 Å². The Morgan fingerprint density at radius 2 is 1.87 bits per heavy atom. The largest absolute Gasteiger partial charge is 0.492 e. The summed E-state index contributed by atoms with van der Waals surface area (Å²) in [5.74, 6) is 1.74. The number of rotatable bonds is 12. The molecule has 0 unspecified atom stereocenters. The summed E-state index contributed by atoms with van der Waals surface area (Å²) in [6.45, 7) is 5.00. The van der Waals surface area contributed by atoms with Crippen molar-refractivity contribution in [3.8, 4) is 17.6 Å². The number of nitriles is 1. The SMILES string of the molecule is CSNCC(=O)COc1ccc(C(C)(C)c2ccc(OCCCCl)c(C#N)c2)cc1. The van der Waals surface area contributed by atoms with Gasteiger partial charge < -0.3 is 9.47 Å². The molecule has 0 heterocycles. The molecule has 0 aromatic heterocycles. The van der Waals surface area contributed by atoms with Crippen molar-refractivity contribution in [1.29, 1.82) is 5.26 Å². The van der Waals surface area contributed by atoms with Gasteiger partial charge in [-0.3, -0.25) is 9.52 Å². The second-order valence-corrected chi connectivity index (χ2v) is 8.29. The first-order valence-electron chi connectivity index (χ1n) is 9.66. The van der Waals surface area contributed by atoms with Gasteiger partial charge in [0.1, 0.15) is 24.2 Å². The standard InChI is InChI=1S/C23H27ClN2O3S/c1-23(2,19-7-10-22(17(13-19)14-25)28-12-4-11-24)18-5-8-21(9-6-18)29-16-20(27)15-26-30-3/h5-10,13,26H,4,11-12,15-16H2,1-3H3. The van der Waals surface area contributed by atoms with Crippen LogP contribution in [0, 0.1) is 11.3 Å². The van der Waals surface area contributed by atoms with Crippen LogP contribution < -0.4 is 14.2 Å². The Balaban J connectivity index is 2.10. The van der Waals surface area contributed by atoms with E-state index in [0.717, 1.165) is 17.5 Å². The fourth-order valence-electron chi connectivity index (χ4n) is 2.87. The molecule has 1 N–H and O–H groups in total. The normalized spacial score (nSPS) is 11.0. The number of hydrogen-bond donors (Lipinski definition) is 1. The molecule has 7 heteroatoms. The zero-order valence-corrected chi connectivity index (χ0v) is 19.1. The van der Waals surface area contributed by atoms with Crippen LogP contribution in [0.25, 0.3) is 0 Å². The molecule has 0 aliphatic rings. The lowest BCUT2D eigenvalue weighted by Gasteiger charge is -2.27. The minimum absolute atomic E-state index is 0.00820. The van der Waals surface area contributed by atoms with Gasteiger partial charge in [0.15, 0.2) is 5.78 Å². The van der Waals surface area contributed by atoms with Gasteiger partial charge in [-0.05, 0) is 48.1 Å². The van der Waals surface area contributed by atoms with Gasteiger partial charge in [-0.1, -0.05) is 44.0 Å². The van der Waals surface area contributed by atoms with Crippen molar-refractivity contribution in [2.24, 2.45) is 0 Å². The summed E-state index contributed by atoms with van der Waals surface area (Å²) in [5, 5.41) is 9.52. The number of ketones is 1. The Morgan fingerprint density at radius 3 is 2.50 bits per heavy atom. The lowest BCUT2D eigenvalue weighted by Crippen LogP contribution is -2.22. The van der Waals surface area contributed by atoms with Gasteiger partial charge in [0, 0.05) is 11.3 Å². The maximum atomic E-state index is 11.7. The van der Waals surface area contributed by atoms with E-state index in [4.69, 9.17) is 21.1 Å². The molecule has 30 heavy (non-hydrogen) atoms. The van der Waals surface area contributed by atoms with Crippen LogP contribution in [-0.4, -0.2) is 37.7 Å². The Labute approximate surface area is 187 Å². The third-order valence-electron chi connectivity index (χ3n) is 4.75. The number of nitrogens with zero attached hydrogens (tertiary/aromatic N) is 1. The predicted octanol–water partition coefficient (Wildman–Crippen LogP) is 4.71. The quantitative estimate of drug-likeness (QED) is 0.289. The summed E-state index contributed by atoms with van der Waals surface area (Å²) in [6, 6.07) is 15.6. The Kier molecular flexibility index (Phi) is 9.51. The average Bonchev–Trinajstić information content (AvgIpc) is 2.76. The Bertz CT molecular complexity index is 879. The monoisotopic (exact) mass is 446 g/mol. The molecule has 160 valence electrons. The van der Waals surface area contributed by atoms with Crippen LogP contribution in [0.5, 0.6) is 11.5 Å². The zero-order valence-electron chi connectivity index (χ0n) is 17.5. The minimum Gasteiger partial charge on any atom is -0.492 e. The van der Waals surface area contributed by atoms with Crippen molar-refractivity contribution in [1.82, 2.24) is 4.72 Å². The fourth-order valence-corrected chi connectivity index (χ4v) is 3.29. The molecule has 2 aromatic rings. The molecule has 0 spiro atoms. The molecule has 0 saturated carbocycles. The highest BCUT2D eigenvalue weighted by molar-refractivity contribution is 7.96. The van der Waals surface area contributed by atoms with Crippen LogP contribution in [0.4, 0.5) is 0 Å². The summed E-state index contributed by atoms with van der Waals surface area (Å²) in [7, 11) is 0. The second-order valence-electron chi connectivity index (χ2n) is 7.22. The highest BCUT2D eigenvalue weighted by Gasteiger charge is 2.24. The number of ether oxygens (including phenoxy) is 2. The molecular weight excluding hydrogens is 420 g/mol. The van der Waals surface area contributed by atoms with E-state index in [1.54, 1.807) is 0 Å². The molecule has 0 aliphatic heterocycles. The number of halogens is 1. The van der Waals surface area contributed by atoms with Crippen LogP contribution in [0.3, 0.4) is 0 Å². The van der Waals surface area contributed by atoms with E-state index >= 15 is 0 Å². The van der Waals surface area contributed by atoms with Crippen molar-refractivity contribution in [3.05, 3.63) is 59.2 Å². The van der Waals surface area contributed by atoms with Crippen LogP contribution >= 0.6 is 23.5 Å². The van der Waals surface area contributed by atoms with Gasteiger partial charge in [0.2, 0.25) is 0 Å². The van der Waals surface area contributed by atoms with E-state index < -0.39 is 0 Å². The first-order valence-corrected chi connectivity index (χ1v) is 11.4. The highest BCUT2D eigenvalue weighted by Crippen LogP contribution is 2.34. The van der Waals surface area contributed by atoms with E-state index in [9.17, 15) is 10.1 Å². The summed E-state index contributed by atoms with van der Waals surface area (Å²) >= 11 is 7.09. The van der Waals surface area contributed by atoms with Gasteiger partial charge in [0.05, 0.1) is 18.7 Å². The van der Waals surface area contributed by atoms with Crippen LogP contribution in [-0.2, 0) is 10.2 Å². The number of Topliss-reactive ketones (excluding diaryl/α,β-unsaturated/α-hetero) is 1. The van der Waals surface area contributed by atoms with E-state index in [0.29, 0.717) is 29.5 Å². The molecular formula is C23H27ClN2O3S. The first kappa shape index (κ1) is 24.1. The van der Waals surface area contributed by atoms with Crippen molar-refractivity contribution < 1.29 is 14.3 Å². The van der Waals surface area contributed by atoms with Crippen molar-refractivity contribution in [2.75, 3.05) is 31.9 Å². The van der Waals surface area contributed by atoms with Crippen molar-refractivity contribution in [3.63, 3.8) is 0 Å². The van der Waals surface area contributed by atoms with Crippen LogP contribution in [0.1, 0.15) is 37.0 Å². The van der Waals surface area contributed by atoms with Crippen molar-refractivity contribution in [2.45, 2.75) is 25.7 Å². The molecule has 0 aliphatic carbocycles. The number of benzene rings is 2. The van der Waals surface area contributed by atoms with Gasteiger partial charge in [0.25, 0.3) is 0 Å². The maximum Gasteiger partial charge on any atom is 0.184 e. The molecule has 0 radical (unpaired) electrons. The topological polar surface area (TPSA) is 71.3 Å². The second kappa shape index (κ2) is 11.8. The smallest absolute Gasteiger partial charge is 0.184 e. The van der Waals surface area contributed by atoms with Gasteiger partial charge in [-0.2, -0.15) is 5.26 Å². The van der Waals surface area contributed by atoms with E-state index in [-0.39, 0.29) is 24.3 Å². The third-order valence-corrected chi connectivity index (χ3v) is 5.45. The molecule has 2 aromatic carbocycles. The van der Waals surface area contributed by atoms with Crippen LogP contribution in [0.15, 0.2) is 42.5 Å². The van der Waals surface area contributed by atoms with E-state index in [1.165, 1.54) is 11.9 Å². The van der Waals surface area contributed by atoms with E-state index in [1.807, 2.05) is 48.7 Å². The zero-order chi connectivity index (χ0) is 22.0. The van der Waals surface area contributed by atoms with E-state index in [2.05, 4.69) is 24.6 Å². The molecule has 0 fully saturated rings. The summed E-state index contributed by atoms with van der Waals surface area (Å²) in [4.78, 5) is 11.7. The number of nitrogens with one attached hydrogen (secondary N) is 1. The number of carbonyl (C=O) groups is 1. The molecule has 0 atom stereocenters. The number of hydrogen-bond acceptors (Lipinski definition) is 6. The predicted molar refractivity (Wildman–Crippen MR) is 123 cm³/mol. The fraction of sp³-hybridized carbons (Fsp3) is 0.391. The molecule has 0 bridgehead atoms. The van der Waals surface area contributed by atoms with Crippen LogP contribution in [0.2, 0.25) is 0 Å². The molecule has 2 rings (SSSR count). The molecule has 0 saturated heterocycles. The highest BCUT2D eigenvalue weighted by atomic mass is 35.5. The molecule has 0 amide bonds. The molecule has 5 nitrogen and oxygen atoms in total. The average molecular weight is 447 g/mol. The lowest BCUT2D eigenvalue weighted by molar-refractivity contribution is -0.119. The van der Waals surface area contributed by atoms with Crippen molar-refractivity contribution >= 4 is 29.3 Å². The Hall–Kier alpha value is -2.20. The van der Waals surface area contributed by atoms with Gasteiger partial charge >= 0.3 is 0 Å². The summed E-state index contributed by atoms with van der Waals surface area (Å²) in [6.07, 6.45) is 2.60. The minimum atomic E-state index is -0.323. The summed E-state index contributed by atoms with van der Waals surface area (Å²) < 4.78 is 14.1. The number of carbonyl (C=O) groups excluding carboxylic acids is 1. The maximum absolute atomic E-state index is 11.7. The Morgan fingerprint density at radius 1 is 1.17 bits per heavy atom. The lowest BCUT2D eigenvalue weighted by atomic mass is 9.77. The number of alkyl halides is 1. The first-order chi connectivity index (χ1) is 14.4.